The van der Waals surface area contributed by atoms with E-state index >= 15 is 0 Å². The number of pyridine rings is 1. The SMILES string of the molecule is CC(C)(C)c1ccc(-c2nc(-c3nccc(-c4nc(-c5ccccc5)nc(-c5ccccc5)n4)n3)cc3ccccc23)cc1. The lowest BCUT2D eigenvalue weighted by atomic mass is 9.86. The Bertz CT molecular complexity index is 2030. The Kier molecular flexibility index (Phi) is 6.95. The van der Waals surface area contributed by atoms with E-state index in [0.29, 0.717) is 34.7 Å². The Hall–Kier alpha value is -5.62. The first-order valence-electron chi connectivity index (χ1n) is 14.6. The van der Waals surface area contributed by atoms with E-state index in [9.17, 15) is 0 Å². The van der Waals surface area contributed by atoms with Crippen LogP contribution in [0.4, 0.5) is 0 Å². The number of hydrogen-bond donors (Lipinski definition) is 0. The monoisotopic (exact) mass is 570 g/mol. The molecule has 0 radical (unpaired) electrons. The molecule has 0 aliphatic rings. The molecule has 0 unspecified atom stereocenters. The molecule has 6 heteroatoms. The first-order chi connectivity index (χ1) is 21.4. The van der Waals surface area contributed by atoms with Crippen LogP contribution in [0.5, 0.6) is 0 Å². The van der Waals surface area contributed by atoms with Crippen molar-refractivity contribution in [2.75, 3.05) is 0 Å². The largest absolute Gasteiger partial charge is 0.244 e. The molecule has 0 saturated carbocycles. The van der Waals surface area contributed by atoms with Gasteiger partial charge in [0.25, 0.3) is 0 Å². The summed E-state index contributed by atoms with van der Waals surface area (Å²) in [6.07, 6.45) is 1.74. The van der Waals surface area contributed by atoms with E-state index < -0.39 is 0 Å². The van der Waals surface area contributed by atoms with Crippen molar-refractivity contribution in [2.24, 2.45) is 0 Å². The Morgan fingerprint density at radius 2 is 1.05 bits per heavy atom. The van der Waals surface area contributed by atoms with Gasteiger partial charge in [0.05, 0.1) is 5.69 Å². The lowest BCUT2D eigenvalue weighted by Gasteiger charge is -2.19. The first kappa shape index (κ1) is 27.2. The Balaban J connectivity index is 1.35. The Labute approximate surface area is 256 Å². The summed E-state index contributed by atoms with van der Waals surface area (Å²) in [6.45, 7) is 6.66. The molecule has 0 atom stereocenters. The second-order valence-electron chi connectivity index (χ2n) is 11.7. The molecule has 6 nitrogen and oxygen atoms in total. The molecule has 0 bridgehead atoms. The number of fused-ring (bicyclic) bond motifs is 1. The molecule has 0 spiro atoms. The number of nitrogens with zero attached hydrogens (tertiary/aromatic N) is 6. The maximum absolute atomic E-state index is 5.12. The zero-order valence-corrected chi connectivity index (χ0v) is 24.8. The van der Waals surface area contributed by atoms with E-state index in [-0.39, 0.29) is 5.41 Å². The summed E-state index contributed by atoms with van der Waals surface area (Å²) >= 11 is 0. The summed E-state index contributed by atoms with van der Waals surface area (Å²) < 4.78 is 0. The summed E-state index contributed by atoms with van der Waals surface area (Å²) in [7, 11) is 0. The summed E-state index contributed by atoms with van der Waals surface area (Å²) in [5.41, 5.74) is 6.37. The van der Waals surface area contributed by atoms with Crippen molar-refractivity contribution in [3.05, 3.63) is 133 Å². The minimum Gasteiger partial charge on any atom is -0.244 e. The minimum atomic E-state index is 0.0694. The minimum absolute atomic E-state index is 0.0694. The second kappa shape index (κ2) is 11.2. The van der Waals surface area contributed by atoms with Crippen molar-refractivity contribution in [1.29, 1.82) is 0 Å². The van der Waals surface area contributed by atoms with Crippen molar-refractivity contribution in [1.82, 2.24) is 29.9 Å². The third kappa shape index (κ3) is 5.45. The van der Waals surface area contributed by atoms with Gasteiger partial charge in [0.2, 0.25) is 0 Å². The first-order valence-corrected chi connectivity index (χ1v) is 14.6. The van der Waals surface area contributed by atoms with Crippen LogP contribution in [0.3, 0.4) is 0 Å². The number of aromatic nitrogens is 6. The molecular weight excluding hydrogens is 540 g/mol. The molecule has 212 valence electrons. The molecule has 7 rings (SSSR count). The highest BCUT2D eigenvalue weighted by Crippen LogP contribution is 2.32. The fourth-order valence-electron chi connectivity index (χ4n) is 5.19. The second-order valence-corrected chi connectivity index (χ2v) is 11.7. The highest BCUT2D eigenvalue weighted by Gasteiger charge is 2.17. The van der Waals surface area contributed by atoms with Crippen LogP contribution in [-0.4, -0.2) is 29.9 Å². The van der Waals surface area contributed by atoms with Gasteiger partial charge in [-0.15, -0.1) is 0 Å². The van der Waals surface area contributed by atoms with Gasteiger partial charge in [-0.05, 0) is 28.5 Å². The summed E-state index contributed by atoms with van der Waals surface area (Å²) in [4.78, 5) is 29.2. The van der Waals surface area contributed by atoms with Crippen molar-refractivity contribution in [3.63, 3.8) is 0 Å². The van der Waals surface area contributed by atoms with Gasteiger partial charge >= 0.3 is 0 Å². The molecule has 4 aromatic carbocycles. The fraction of sp³-hybridized carbons (Fsp3) is 0.105. The van der Waals surface area contributed by atoms with Crippen molar-refractivity contribution < 1.29 is 0 Å². The van der Waals surface area contributed by atoms with Crippen molar-refractivity contribution in [2.45, 2.75) is 26.2 Å². The third-order valence-corrected chi connectivity index (χ3v) is 7.58. The van der Waals surface area contributed by atoms with E-state index in [0.717, 1.165) is 33.2 Å². The van der Waals surface area contributed by atoms with Crippen LogP contribution >= 0.6 is 0 Å². The summed E-state index contributed by atoms with van der Waals surface area (Å²) in [6, 6.07) is 40.7. The van der Waals surface area contributed by atoms with Crippen LogP contribution in [0.25, 0.3) is 67.8 Å². The molecule has 0 aliphatic carbocycles. The van der Waals surface area contributed by atoms with Gasteiger partial charge in [-0.1, -0.05) is 130 Å². The maximum Gasteiger partial charge on any atom is 0.182 e. The molecule has 0 amide bonds. The molecule has 44 heavy (non-hydrogen) atoms. The normalized spacial score (nSPS) is 11.5. The molecule has 0 fully saturated rings. The Morgan fingerprint density at radius 1 is 0.455 bits per heavy atom. The number of rotatable bonds is 5. The molecule has 0 saturated heterocycles. The molecule has 3 aromatic heterocycles. The van der Waals surface area contributed by atoms with Crippen LogP contribution in [0.1, 0.15) is 26.3 Å². The van der Waals surface area contributed by atoms with Gasteiger partial charge in [0, 0.05) is 28.3 Å². The smallest absolute Gasteiger partial charge is 0.182 e. The highest BCUT2D eigenvalue weighted by molar-refractivity contribution is 5.96. The molecule has 0 N–H and O–H groups in total. The predicted molar refractivity (Wildman–Crippen MR) is 177 cm³/mol. The average molecular weight is 571 g/mol. The summed E-state index contributed by atoms with van der Waals surface area (Å²) in [5.74, 6) is 2.14. The van der Waals surface area contributed by atoms with Gasteiger partial charge in [-0.2, -0.15) is 0 Å². The van der Waals surface area contributed by atoms with Gasteiger partial charge in [0.15, 0.2) is 23.3 Å². The van der Waals surface area contributed by atoms with Crippen LogP contribution < -0.4 is 0 Å². The van der Waals surface area contributed by atoms with Crippen LogP contribution in [-0.2, 0) is 5.41 Å². The summed E-state index contributed by atoms with van der Waals surface area (Å²) in [5, 5.41) is 2.15. The zero-order valence-electron chi connectivity index (χ0n) is 24.8. The number of hydrogen-bond acceptors (Lipinski definition) is 6. The van der Waals surface area contributed by atoms with Crippen LogP contribution in [0, 0.1) is 0 Å². The van der Waals surface area contributed by atoms with E-state index in [1.54, 1.807) is 6.20 Å². The fourth-order valence-corrected chi connectivity index (χ4v) is 5.19. The van der Waals surface area contributed by atoms with Crippen molar-refractivity contribution >= 4 is 10.8 Å². The quantitative estimate of drug-likeness (QED) is 0.206. The topological polar surface area (TPSA) is 77.3 Å². The zero-order chi connectivity index (χ0) is 30.1. The molecule has 7 aromatic rings. The third-order valence-electron chi connectivity index (χ3n) is 7.58. The van der Waals surface area contributed by atoms with Gasteiger partial charge in [-0.25, -0.2) is 29.9 Å². The standard InChI is InChI=1S/C38H30N6/c1-38(2,3)29-20-18-25(19-21-29)33-30-17-11-10-16-28(30)24-32(40-33)36-39-23-22-31(41-36)37-43-34(26-12-6-4-7-13-26)42-35(44-37)27-14-8-5-9-15-27/h4-24H,1-3H3. The molecular formula is C38H30N6. The Morgan fingerprint density at radius 3 is 1.68 bits per heavy atom. The average Bonchev–Trinajstić information content (AvgIpc) is 3.08. The van der Waals surface area contributed by atoms with Crippen LogP contribution in [0.15, 0.2) is 128 Å². The van der Waals surface area contributed by atoms with E-state index in [4.69, 9.17) is 24.9 Å². The number of benzene rings is 4. The lowest BCUT2D eigenvalue weighted by Crippen LogP contribution is -2.10. The van der Waals surface area contributed by atoms with E-state index in [1.165, 1.54) is 5.56 Å². The maximum atomic E-state index is 5.12. The van der Waals surface area contributed by atoms with Crippen LogP contribution in [0.2, 0.25) is 0 Å². The van der Waals surface area contributed by atoms with Gasteiger partial charge in [-0.3, -0.25) is 0 Å². The van der Waals surface area contributed by atoms with E-state index in [1.807, 2.05) is 84.9 Å². The highest BCUT2D eigenvalue weighted by atomic mass is 15.1. The van der Waals surface area contributed by atoms with E-state index in [2.05, 4.69) is 62.2 Å². The van der Waals surface area contributed by atoms with Gasteiger partial charge < -0.3 is 0 Å². The predicted octanol–water partition coefficient (Wildman–Crippen LogP) is 8.84. The molecule has 0 aliphatic heterocycles. The lowest BCUT2D eigenvalue weighted by molar-refractivity contribution is 0.590. The molecule has 3 heterocycles. The van der Waals surface area contributed by atoms with Crippen molar-refractivity contribution in [3.8, 4) is 57.1 Å². The van der Waals surface area contributed by atoms with Gasteiger partial charge in [0.1, 0.15) is 11.4 Å².